The molecule has 2 aromatic heterocycles. The smallest absolute Gasteiger partial charge is 0.328 e. The van der Waals surface area contributed by atoms with Crippen LogP contribution in [0.3, 0.4) is 0 Å². The van der Waals surface area contributed by atoms with Gasteiger partial charge in [0.05, 0.1) is 28.3 Å². The van der Waals surface area contributed by atoms with Gasteiger partial charge in [0.2, 0.25) is 0 Å². The normalized spacial score (nSPS) is 11.0. The monoisotopic (exact) mass is 307 g/mol. The molecule has 0 saturated heterocycles. The fourth-order valence-electron chi connectivity index (χ4n) is 1.72. The maximum atomic E-state index is 10.4. The second kappa shape index (κ2) is 6.41. The van der Waals surface area contributed by atoms with Crippen molar-refractivity contribution in [2.24, 2.45) is 7.05 Å². The molecular weight excluding hydrogens is 294 g/mol. The summed E-state index contributed by atoms with van der Waals surface area (Å²) in [6, 6.07) is 3.39. The molecule has 0 amide bonds. The third kappa shape index (κ3) is 3.82. The fraction of sp³-hybridized carbons (Fsp3) is 0.214. The summed E-state index contributed by atoms with van der Waals surface area (Å²) in [5.41, 5.74) is 2.08. The van der Waals surface area contributed by atoms with Crippen molar-refractivity contribution in [3.8, 4) is 5.75 Å². The summed E-state index contributed by atoms with van der Waals surface area (Å²) >= 11 is 6.13. The molecule has 0 unspecified atom stereocenters. The lowest BCUT2D eigenvalue weighted by molar-refractivity contribution is -0.131. The van der Waals surface area contributed by atoms with Crippen LogP contribution in [0.15, 0.2) is 24.4 Å². The Hall–Kier alpha value is -2.34. The van der Waals surface area contributed by atoms with E-state index in [1.165, 1.54) is 12.3 Å². The maximum absolute atomic E-state index is 10.4. The molecule has 0 aliphatic carbocycles. The average molecular weight is 308 g/mol. The van der Waals surface area contributed by atoms with Crippen LogP contribution >= 0.6 is 11.6 Å². The molecule has 7 heteroatoms. The highest BCUT2D eigenvalue weighted by Crippen LogP contribution is 2.21. The van der Waals surface area contributed by atoms with E-state index in [-0.39, 0.29) is 6.61 Å². The van der Waals surface area contributed by atoms with Gasteiger partial charge < -0.3 is 9.84 Å². The molecule has 0 bridgehead atoms. The molecule has 0 aromatic carbocycles. The Morgan fingerprint density at radius 3 is 2.81 bits per heavy atom. The minimum absolute atomic E-state index is 0.280. The van der Waals surface area contributed by atoms with Crippen LogP contribution in [0.4, 0.5) is 0 Å². The van der Waals surface area contributed by atoms with Crippen molar-refractivity contribution in [1.29, 1.82) is 0 Å². The lowest BCUT2D eigenvalue weighted by atomic mass is 10.3. The Labute approximate surface area is 126 Å². The number of carboxylic acid groups (broad SMARTS) is 1. The number of aromatic nitrogens is 3. The molecule has 0 spiro atoms. The number of hydrogen-bond acceptors (Lipinski definition) is 4. The number of carboxylic acids is 1. The Bertz CT molecular complexity index is 678. The molecule has 21 heavy (non-hydrogen) atoms. The number of pyridine rings is 1. The summed E-state index contributed by atoms with van der Waals surface area (Å²) < 4.78 is 7.28. The van der Waals surface area contributed by atoms with Crippen molar-refractivity contribution >= 4 is 23.6 Å². The average Bonchev–Trinajstić information content (AvgIpc) is 2.69. The molecule has 2 rings (SSSR count). The zero-order chi connectivity index (χ0) is 15.4. The van der Waals surface area contributed by atoms with Gasteiger partial charge in [-0.05, 0) is 25.1 Å². The fourth-order valence-corrected chi connectivity index (χ4v) is 1.94. The zero-order valence-electron chi connectivity index (χ0n) is 11.6. The highest BCUT2D eigenvalue weighted by atomic mass is 35.5. The van der Waals surface area contributed by atoms with E-state index in [2.05, 4.69) is 10.1 Å². The molecule has 1 N–H and O–H groups in total. The van der Waals surface area contributed by atoms with E-state index in [9.17, 15) is 4.79 Å². The van der Waals surface area contributed by atoms with Gasteiger partial charge in [0.25, 0.3) is 0 Å². The van der Waals surface area contributed by atoms with E-state index in [1.54, 1.807) is 23.9 Å². The number of nitrogens with zero attached hydrogens (tertiary/aromatic N) is 3. The molecule has 0 radical (unpaired) electrons. The first kappa shape index (κ1) is 15.1. The lowest BCUT2D eigenvalue weighted by Gasteiger charge is -2.06. The molecule has 2 aromatic rings. The first-order chi connectivity index (χ1) is 9.97. The number of aryl methyl sites for hydroxylation is 2. The third-order valence-electron chi connectivity index (χ3n) is 2.79. The van der Waals surface area contributed by atoms with Crippen molar-refractivity contribution in [2.45, 2.75) is 13.5 Å². The van der Waals surface area contributed by atoms with Gasteiger partial charge in [-0.2, -0.15) is 5.10 Å². The van der Waals surface area contributed by atoms with Crippen LogP contribution in [-0.2, 0) is 18.4 Å². The predicted octanol–water partition coefficient (Wildman–Crippen LogP) is 2.45. The Morgan fingerprint density at radius 1 is 1.52 bits per heavy atom. The highest BCUT2D eigenvalue weighted by molar-refractivity contribution is 6.31. The molecule has 2 heterocycles. The minimum atomic E-state index is -1.02. The maximum Gasteiger partial charge on any atom is 0.328 e. The van der Waals surface area contributed by atoms with Crippen molar-refractivity contribution in [1.82, 2.24) is 14.8 Å². The summed E-state index contributed by atoms with van der Waals surface area (Å²) in [4.78, 5) is 14.5. The summed E-state index contributed by atoms with van der Waals surface area (Å²) in [6.07, 6.45) is 3.97. The summed E-state index contributed by atoms with van der Waals surface area (Å²) in [7, 11) is 1.80. The van der Waals surface area contributed by atoms with Gasteiger partial charge in [0, 0.05) is 13.1 Å². The summed E-state index contributed by atoms with van der Waals surface area (Å²) in [5, 5.41) is 13.3. The molecule has 0 aliphatic heterocycles. The second-order valence-electron chi connectivity index (χ2n) is 4.35. The van der Waals surface area contributed by atoms with Crippen LogP contribution in [0.5, 0.6) is 5.75 Å². The van der Waals surface area contributed by atoms with Crippen molar-refractivity contribution < 1.29 is 14.6 Å². The van der Waals surface area contributed by atoms with E-state index >= 15 is 0 Å². The van der Waals surface area contributed by atoms with Gasteiger partial charge in [-0.1, -0.05) is 11.6 Å². The first-order valence-corrected chi connectivity index (χ1v) is 6.53. The quantitative estimate of drug-likeness (QED) is 0.859. The molecule has 110 valence electrons. The zero-order valence-corrected chi connectivity index (χ0v) is 12.3. The largest absolute Gasteiger partial charge is 0.486 e. The van der Waals surface area contributed by atoms with Gasteiger partial charge in [-0.25, -0.2) is 4.79 Å². The van der Waals surface area contributed by atoms with E-state index in [0.29, 0.717) is 16.5 Å². The Morgan fingerprint density at radius 2 is 2.29 bits per heavy atom. The third-order valence-corrected chi connectivity index (χ3v) is 3.28. The van der Waals surface area contributed by atoms with Gasteiger partial charge in [-0.15, -0.1) is 0 Å². The first-order valence-electron chi connectivity index (χ1n) is 6.15. The van der Waals surface area contributed by atoms with Crippen molar-refractivity contribution in [3.05, 3.63) is 46.5 Å². The van der Waals surface area contributed by atoms with E-state index in [4.69, 9.17) is 21.4 Å². The SMILES string of the molecule is Cc1nn(C)c(COc2ccc(C=CC(=O)O)nc2)c1Cl. The number of rotatable bonds is 5. The van der Waals surface area contributed by atoms with Gasteiger partial charge >= 0.3 is 5.97 Å². The van der Waals surface area contributed by atoms with Crippen LogP contribution < -0.4 is 4.74 Å². The van der Waals surface area contributed by atoms with Crippen LogP contribution in [0, 0.1) is 6.92 Å². The van der Waals surface area contributed by atoms with E-state index in [1.807, 2.05) is 6.92 Å². The Balaban J connectivity index is 2.02. The van der Waals surface area contributed by atoms with Gasteiger partial charge in [-0.3, -0.25) is 9.67 Å². The van der Waals surface area contributed by atoms with Crippen LogP contribution in [0.25, 0.3) is 6.08 Å². The highest BCUT2D eigenvalue weighted by Gasteiger charge is 2.11. The number of hydrogen-bond donors (Lipinski definition) is 1. The molecule has 6 nitrogen and oxygen atoms in total. The molecule has 0 atom stereocenters. The van der Waals surface area contributed by atoms with Crippen molar-refractivity contribution in [2.75, 3.05) is 0 Å². The number of ether oxygens (including phenoxy) is 1. The summed E-state index contributed by atoms with van der Waals surface area (Å²) in [5.74, 6) is -0.448. The Kier molecular flexibility index (Phi) is 4.59. The van der Waals surface area contributed by atoms with Crippen LogP contribution in [-0.4, -0.2) is 25.8 Å². The number of carbonyl (C=O) groups is 1. The van der Waals surface area contributed by atoms with Crippen LogP contribution in [0.1, 0.15) is 17.1 Å². The van der Waals surface area contributed by atoms with Gasteiger partial charge in [0.1, 0.15) is 12.4 Å². The number of aliphatic carboxylic acids is 1. The predicted molar refractivity (Wildman–Crippen MR) is 78.2 cm³/mol. The second-order valence-corrected chi connectivity index (χ2v) is 4.73. The molecule has 0 fully saturated rings. The topological polar surface area (TPSA) is 77.2 Å². The lowest BCUT2D eigenvalue weighted by Crippen LogP contribution is -2.03. The number of halogens is 1. The minimum Gasteiger partial charge on any atom is -0.486 e. The standard InChI is InChI=1S/C14H14ClN3O3/c1-9-14(15)12(18(2)17-9)8-21-11-5-3-10(16-7-11)4-6-13(19)20/h3-7H,8H2,1-2H3,(H,19,20). The molecular formula is C14H14ClN3O3. The van der Waals surface area contributed by atoms with Gasteiger partial charge in [0.15, 0.2) is 0 Å². The molecule has 0 aliphatic rings. The summed E-state index contributed by atoms with van der Waals surface area (Å²) in [6.45, 7) is 2.11. The molecule has 0 saturated carbocycles. The van der Waals surface area contributed by atoms with Crippen molar-refractivity contribution in [3.63, 3.8) is 0 Å². The van der Waals surface area contributed by atoms with E-state index < -0.39 is 5.97 Å². The van der Waals surface area contributed by atoms with Crippen LogP contribution in [0.2, 0.25) is 5.02 Å². The van der Waals surface area contributed by atoms with E-state index in [0.717, 1.165) is 17.5 Å².